The highest BCUT2D eigenvalue weighted by molar-refractivity contribution is 6.25. The van der Waals surface area contributed by atoms with Gasteiger partial charge < -0.3 is 25.0 Å². The second-order valence-corrected chi connectivity index (χ2v) is 9.48. The number of esters is 1. The molecule has 0 aliphatic heterocycles. The summed E-state index contributed by atoms with van der Waals surface area (Å²) in [6.45, 7) is 2.22. The van der Waals surface area contributed by atoms with Gasteiger partial charge in [0.15, 0.2) is 11.4 Å². The molecule has 3 atom stereocenters. The highest BCUT2D eigenvalue weighted by atomic mass is 16.5. The summed E-state index contributed by atoms with van der Waals surface area (Å²) in [7, 11) is 3.58. The number of ether oxygens (including phenoxy) is 1. The molecule has 36 heavy (non-hydrogen) atoms. The van der Waals surface area contributed by atoms with E-state index in [0.29, 0.717) is 11.3 Å². The summed E-state index contributed by atoms with van der Waals surface area (Å²) in [5.41, 5.74) is -2.28. The van der Waals surface area contributed by atoms with E-state index >= 15 is 0 Å². The Balaban J connectivity index is 1.92. The highest BCUT2D eigenvalue weighted by Gasteiger charge is 2.60. The molecule has 1 aromatic rings. The van der Waals surface area contributed by atoms with Crippen molar-refractivity contribution in [3.8, 4) is 5.75 Å². The molecule has 190 valence electrons. The van der Waals surface area contributed by atoms with Gasteiger partial charge in [0.2, 0.25) is 11.7 Å². The van der Waals surface area contributed by atoms with Gasteiger partial charge in [-0.3, -0.25) is 29.3 Å². The van der Waals surface area contributed by atoms with Crippen molar-refractivity contribution in [2.24, 2.45) is 11.8 Å². The Morgan fingerprint density at radius 2 is 1.78 bits per heavy atom. The van der Waals surface area contributed by atoms with Gasteiger partial charge in [-0.25, -0.2) is 0 Å². The molecule has 2 amide bonds. The Labute approximate surface area is 206 Å². The number of hydrogen-bond acceptors (Lipinski definition) is 10. The smallest absolute Gasteiger partial charge is 0.308 e. The number of anilines is 1. The third-order valence-corrected chi connectivity index (χ3v) is 6.91. The van der Waals surface area contributed by atoms with E-state index in [9.17, 15) is 39.3 Å². The predicted molar refractivity (Wildman–Crippen MR) is 125 cm³/mol. The fourth-order valence-corrected chi connectivity index (χ4v) is 5.45. The van der Waals surface area contributed by atoms with Crippen molar-refractivity contribution in [2.45, 2.75) is 38.7 Å². The highest BCUT2D eigenvalue weighted by Crippen LogP contribution is 2.53. The van der Waals surface area contributed by atoms with Gasteiger partial charge in [-0.2, -0.15) is 0 Å². The van der Waals surface area contributed by atoms with Crippen molar-refractivity contribution in [1.82, 2.24) is 5.32 Å². The Hall–Kier alpha value is -3.99. The van der Waals surface area contributed by atoms with Crippen LogP contribution in [0.2, 0.25) is 0 Å². The Morgan fingerprint density at radius 1 is 1.11 bits per heavy atom. The number of carbonyl (C=O) groups is 5. The predicted octanol–water partition coefficient (Wildman–Crippen LogP) is 0.887. The van der Waals surface area contributed by atoms with Crippen molar-refractivity contribution in [3.05, 3.63) is 40.2 Å². The second-order valence-electron chi connectivity index (χ2n) is 9.48. The average molecular weight is 498 g/mol. The van der Waals surface area contributed by atoms with Gasteiger partial charge in [0.1, 0.15) is 22.8 Å². The summed E-state index contributed by atoms with van der Waals surface area (Å²) in [5.74, 6) is -7.87. The van der Waals surface area contributed by atoms with Gasteiger partial charge in [-0.05, 0) is 36.5 Å². The maximum absolute atomic E-state index is 13.7. The number of carbonyl (C=O) groups excluding carboxylic acids is 5. The van der Waals surface area contributed by atoms with Crippen LogP contribution in [-0.4, -0.2) is 64.4 Å². The largest absolute Gasteiger partial charge is 0.508 e. The monoisotopic (exact) mass is 498 g/mol. The molecule has 11 nitrogen and oxygen atoms in total. The number of nitrogens with zero attached hydrogens (tertiary/aromatic N) is 1. The summed E-state index contributed by atoms with van der Waals surface area (Å²) < 4.78 is 5.27. The van der Waals surface area contributed by atoms with Crippen LogP contribution in [0, 0.1) is 11.8 Å². The molecule has 4 rings (SSSR count). The van der Waals surface area contributed by atoms with Gasteiger partial charge in [0, 0.05) is 51.5 Å². The van der Waals surface area contributed by atoms with Crippen molar-refractivity contribution in [2.75, 3.05) is 19.0 Å². The molecule has 1 saturated carbocycles. The molecule has 0 bridgehead atoms. The Bertz CT molecular complexity index is 1310. The Morgan fingerprint density at radius 3 is 2.36 bits per heavy atom. The zero-order valence-corrected chi connectivity index (χ0v) is 20.2. The zero-order chi connectivity index (χ0) is 26.7. The van der Waals surface area contributed by atoms with Crippen LogP contribution in [0.3, 0.4) is 0 Å². The van der Waals surface area contributed by atoms with E-state index in [1.165, 1.54) is 13.0 Å². The van der Waals surface area contributed by atoms with E-state index in [-0.39, 0.29) is 29.7 Å². The molecule has 3 aliphatic carbocycles. The first-order valence-corrected chi connectivity index (χ1v) is 11.3. The first-order chi connectivity index (χ1) is 16.8. The minimum Gasteiger partial charge on any atom is -0.508 e. The average Bonchev–Trinajstić information content (AvgIpc) is 2.75. The van der Waals surface area contributed by atoms with E-state index in [1.807, 2.05) is 5.32 Å². The molecule has 4 N–H and O–H groups in total. The van der Waals surface area contributed by atoms with Crippen LogP contribution in [0.1, 0.15) is 37.8 Å². The minimum absolute atomic E-state index is 0.0218. The maximum Gasteiger partial charge on any atom is 0.308 e. The number of amides is 2. The molecule has 0 aromatic heterocycles. The quantitative estimate of drug-likeness (QED) is 0.266. The second kappa shape index (κ2) is 8.59. The number of benzene rings is 1. The van der Waals surface area contributed by atoms with E-state index in [4.69, 9.17) is 4.74 Å². The fraction of sp³-hybridized carbons (Fsp3) is 0.400. The SMILES string of the molecule is CC(=O)NC(=O)C1=C(O)[C@@]2(O)C(=O)C3=C(O)c4c(OC(C)=O)ccc(N(C)C)c4C[C@H]3C[C@H]2CC1=O. The lowest BCUT2D eigenvalue weighted by Crippen LogP contribution is -2.58. The number of rotatable bonds is 3. The lowest BCUT2D eigenvalue weighted by molar-refractivity contribution is -0.147. The molecule has 0 unspecified atom stereocenters. The van der Waals surface area contributed by atoms with Gasteiger partial charge >= 0.3 is 5.97 Å². The first kappa shape index (κ1) is 25.1. The van der Waals surface area contributed by atoms with Crippen molar-refractivity contribution >= 4 is 40.8 Å². The molecular formula is C25H26N2O9. The van der Waals surface area contributed by atoms with Crippen LogP contribution < -0.4 is 15.0 Å². The minimum atomic E-state index is -2.66. The van der Waals surface area contributed by atoms with Crippen LogP contribution in [0.4, 0.5) is 5.69 Å². The van der Waals surface area contributed by atoms with Crippen LogP contribution in [0.5, 0.6) is 5.75 Å². The number of nitrogens with one attached hydrogen (secondary N) is 1. The van der Waals surface area contributed by atoms with Gasteiger partial charge in [0.05, 0.1) is 5.56 Å². The number of aliphatic hydroxyl groups is 3. The van der Waals surface area contributed by atoms with Crippen molar-refractivity contribution < 1.29 is 44.0 Å². The van der Waals surface area contributed by atoms with E-state index in [1.54, 1.807) is 25.1 Å². The number of aliphatic hydroxyl groups excluding tert-OH is 2. The molecule has 3 aliphatic rings. The van der Waals surface area contributed by atoms with Gasteiger partial charge in [-0.15, -0.1) is 0 Å². The van der Waals surface area contributed by atoms with E-state index in [2.05, 4.69) is 0 Å². The zero-order valence-electron chi connectivity index (χ0n) is 20.2. The molecule has 0 saturated heterocycles. The summed E-state index contributed by atoms with van der Waals surface area (Å²) in [5, 5.41) is 35.5. The van der Waals surface area contributed by atoms with Crippen LogP contribution in [0.25, 0.3) is 5.76 Å². The summed E-state index contributed by atoms with van der Waals surface area (Å²) >= 11 is 0. The van der Waals surface area contributed by atoms with Crippen molar-refractivity contribution in [3.63, 3.8) is 0 Å². The maximum atomic E-state index is 13.7. The topological polar surface area (TPSA) is 171 Å². The molecule has 1 aromatic carbocycles. The lowest BCUT2D eigenvalue weighted by Gasteiger charge is -2.46. The molecule has 0 spiro atoms. The summed E-state index contributed by atoms with van der Waals surface area (Å²) in [6, 6.07) is 3.20. The number of imide groups is 1. The normalized spacial score (nSPS) is 25.0. The number of hydrogen-bond donors (Lipinski definition) is 4. The summed E-state index contributed by atoms with van der Waals surface area (Å²) in [4.78, 5) is 63.6. The number of fused-ring (bicyclic) bond motifs is 3. The number of ketones is 2. The summed E-state index contributed by atoms with van der Waals surface area (Å²) in [6.07, 6.45) is -0.145. The molecule has 1 fully saturated rings. The molecular weight excluding hydrogens is 472 g/mol. The lowest BCUT2D eigenvalue weighted by atomic mass is 9.59. The van der Waals surface area contributed by atoms with Crippen LogP contribution in [-0.2, 0) is 30.4 Å². The van der Waals surface area contributed by atoms with Gasteiger partial charge in [-0.1, -0.05) is 0 Å². The molecule has 0 radical (unpaired) electrons. The molecule has 11 heteroatoms. The third-order valence-electron chi connectivity index (χ3n) is 6.91. The molecule has 0 heterocycles. The van der Waals surface area contributed by atoms with Crippen molar-refractivity contribution in [1.29, 1.82) is 0 Å². The van der Waals surface area contributed by atoms with E-state index < -0.39 is 70.3 Å². The standard InChI is InChI=1S/C25H26N2O9/c1-10(28)26-24(34)20-16(30)9-13-7-12-8-14-15(27(3)4)5-6-17(36-11(2)29)19(14)21(31)18(12)22(32)25(13,35)23(20)33/h5-6,12-13,31,33,35H,7-9H2,1-4H3,(H,26,28,34)/t12-,13+,25+/m1/s1. The fourth-order valence-electron chi connectivity index (χ4n) is 5.45. The van der Waals surface area contributed by atoms with Gasteiger partial charge in [0.25, 0.3) is 5.91 Å². The third kappa shape index (κ3) is 3.67. The van der Waals surface area contributed by atoms with E-state index in [0.717, 1.165) is 6.92 Å². The van der Waals surface area contributed by atoms with Crippen LogP contribution >= 0.6 is 0 Å². The van der Waals surface area contributed by atoms with Crippen LogP contribution in [0.15, 0.2) is 29.0 Å². The Kier molecular flexibility index (Phi) is 5.99. The number of Topliss-reactive ketones (excluding diaryl/α,β-unsaturated/α-hetero) is 2. The first-order valence-electron chi connectivity index (χ1n) is 11.3.